The summed E-state index contributed by atoms with van der Waals surface area (Å²) in [5.74, 6) is 0.239. The van der Waals surface area contributed by atoms with Crippen LogP contribution in [0.3, 0.4) is 0 Å². The smallest absolute Gasteiger partial charge is 0.253 e. The van der Waals surface area contributed by atoms with E-state index in [4.69, 9.17) is 5.11 Å². The Bertz CT molecular complexity index is 380. The zero-order valence-corrected chi connectivity index (χ0v) is 11.1. The van der Waals surface area contributed by atoms with Crippen LogP contribution < -0.4 is 10.6 Å². The summed E-state index contributed by atoms with van der Waals surface area (Å²) < 4.78 is 0. The number of nitrogens with one attached hydrogen (secondary N) is 2. The average molecular weight is 250 g/mol. The molecule has 0 aromatic heterocycles. The fourth-order valence-electron chi connectivity index (χ4n) is 1.74. The highest BCUT2D eigenvalue weighted by atomic mass is 16.3. The molecule has 4 heteroatoms. The summed E-state index contributed by atoms with van der Waals surface area (Å²) in [6.45, 7) is 2.84. The molecule has 0 saturated heterocycles. The van der Waals surface area contributed by atoms with Gasteiger partial charge in [-0.1, -0.05) is 19.1 Å². The molecular formula is C14H22N2O2. The van der Waals surface area contributed by atoms with E-state index >= 15 is 0 Å². The minimum absolute atomic E-state index is 0.0587. The lowest BCUT2D eigenvalue weighted by atomic mass is 10.1. The molecule has 0 heterocycles. The highest BCUT2D eigenvalue weighted by Gasteiger charge is 2.09. The van der Waals surface area contributed by atoms with Crippen molar-refractivity contribution in [2.45, 2.75) is 19.8 Å². The zero-order valence-electron chi connectivity index (χ0n) is 11.1. The first-order valence-electron chi connectivity index (χ1n) is 6.35. The Morgan fingerprint density at radius 2 is 2.11 bits per heavy atom. The highest BCUT2D eigenvalue weighted by Crippen LogP contribution is 2.13. The molecule has 0 aliphatic carbocycles. The first-order valence-corrected chi connectivity index (χ1v) is 6.35. The third-order valence-corrected chi connectivity index (χ3v) is 2.91. The summed E-state index contributed by atoms with van der Waals surface area (Å²) in [7, 11) is 1.80. The number of para-hydroxylation sites is 1. The van der Waals surface area contributed by atoms with Gasteiger partial charge in [0.05, 0.1) is 5.56 Å². The third-order valence-electron chi connectivity index (χ3n) is 2.91. The molecule has 0 fully saturated rings. The largest absolute Gasteiger partial charge is 0.396 e. The fourth-order valence-corrected chi connectivity index (χ4v) is 1.74. The van der Waals surface area contributed by atoms with Gasteiger partial charge in [-0.3, -0.25) is 4.79 Å². The normalized spacial score (nSPS) is 11.9. The first-order chi connectivity index (χ1) is 8.69. The summed E-state index contributed by atoms with van der Waals surface area (Å²) in [4.78, 5) is 11.9. The number of aliphatic hydroxyl groups is 1. The van der Waals surface area contributed by atoms with Gasteiger partial charge in [-0.15, -0.1) is 0 Å². The van der Waals surface area contributed by atoms with E-state index in [1.165, 1.54) is 0 Å². The van der Waals surface area contributed by atoms with Gasteiger partial charge in [0.15, 0.2) is 0 Å². The van der Waals surface area contributed by atoms with Gasteiger partial charge < -0.3 is 15.7 Å². The van der Waals surface area contributed by atoms with Crippen LogP contribution in [-0.4, -0.2) is 31.2 Å². The van der Waals surface area contributed by atoms with E-state index in [9.17, 15) is 4.79 Å². The van der Waals surface area contributed by atoms with Crippen molar-refractivity contribution in [2.24, 2.45) is 5.92 Å². The van der Waals surface area contributed by atoms with E-state index in [1.54, 1.807) is 13.1 Å². The number of benzene rings is 1. The Morgan fingerprint density at radius 1 is 1.39 bits per heavy atom. The van der Waals surface area contributed by atoms with Crippen molar-refractivity contribution in [1.82, 2.24) is 5.32 Å². The molecule has 0 bridgehead atoms. The van der Waals surface area contributed by atoms with Gasteiger partial charge in [0.25, 0.3) is 5.91 Å². The third kappa shape index (κ3) is 4.37. The number of rotatable bonds is 7. The first kappa shape index (κ1) is 14.5. The molecule has 1 rings (SSSR count). The van der Waals surface area contributed by atoms with Gasteiger partial charge in [0.2, 0.25) is 0 Å². The van der Waals surface area contributed by atoms with Crippen molar-refractivity contribution < 1.29 is 9.90 Å². The highest BCUT2D eigenvalue weighted by molar-refractivity contribution is 5.99. The minimum atomic E-state index is -0.0587. The lowest BCUT2D eigenvalue weighted by Crippen LogP contribution is -2.25. The van der Waals surface area contributed by atoms with Crippen LogP contribution in [0, 0.1) is 5.92 Å². The number of hydrogen-bond acceptors (Lipinski definition) is 3. The van der Waals surface area contributed by atoms with Crippen LogP contribution in [0.2, 0.25) is 0 Å². The summed E-state index contributed by atoms with van der Waals surface area (Å²) in [6.07, 6.45) is 1.81. The molecule has 4 nitrogen and oxygen atoms in total. The maximum Gasteiger partial charge on any atom is 0.253 e. The zero-order chi connectivity index (χ0) is 13.4. The van der Waals surface area contributed by atoms with Crippen molar-refractivity contribution in [3.8, 4) is 0 Å². The van der Waals surface area contributed by atoms with Crippen molar-refractivity contribution in [1.29, 1.82) is 0 Å². The predicted molar refractivity (Wildman–Crippen MR) is 73.8 cm³/mol. The average Bonchev–Trinajstić information content (AvgIpc) is 2.42. The molecule has 1 aromatic carbocycles. The maximum atomic E-state index is 11.9. The molecule has 100 valence electrons. The molecule has 1 aromatic rings. The lowest BCUT2D eigenvalue weighted by Gasteiger charge is -2.10. The van der Waals surface area contributed by atoms with Gasteiger partial charge in [-0.2, -0.15) is 0 Å². The van der Waals surface area contributed by atoms with E-state index < -0.39 is 0 Å². The summed E-state index contributed by atoms with van der Waals surface area (Å²) in [5, 5.41) is 14.8. The van der Waals surface area contributed by atoms with Crippen LogP contribution in [0.4, 0.5) is 5.69 Å². The van der Waals surface area contributed by atoms with E-state index in [0.29, 0.717) is 18.0 Å². The van der Waals surface area contributed by atoms with Gasteiger partial charge in [0, 0.05) is 25.9 Å². The Balaban J connectivity index is 2.41. The predicted octanol–water partition coefficient (Wildman–Crippen LogP) is 1.87. The van der Waals surface area contributed by atoms with Crippen molar-refractivity contribution in [2.75, 3.05) is 25.5 Å². The van der Waals surface area contributed by atoms with Gasteiger partial charge in [0.1, 0.15) is 0 Å². The molecule has 18 heavy (non-hydrogen) atoms. The molecular weight excluding hydrogens is 228 g/mol. The van der Waals surface area contributed by atoms with Crippen LogP contribution in [0.1, 0.15) is 30.1 Å². The molecule has 3 N–H and O–H groups in total. The lowest BCUT2D eigenvalue weighted by molar-refractivity contribution is 0.0953. The molecule has 0 spiro atoms. The van der Waals surface area contributed by atoms with Crippen LogP contribution in [0.5, 0.6) is 0 Å². The second kappa shape index (κ2) is 7.71. The second-order valence-electron chi connectivity index (χ2n) is 4.48. The summed E-state index contributed by atoms with van der Waals surface area (Å²) in [6, 6.07) is 7.43. The number of amides is 1. The van der Waals surface area contributed by atoms with Gasteiger partial charge >= 0.3 is 0 Å². The molecule has 0 aliphatic rings. The van der Waals surface area contributed by atoms with Crippen LogP contribution in [-0.2, 0) is 0 Å². The van der Waals surface area contributed by atoms with Crippen LogP contribution in [0.15, 0.2) is 24.3 Å². The van der Waals surface area contributed by atoms with Crippen molar-refractivity contribution >= 4 is 11.6 Å². The monoisotopic (exact) mass is 250 g/mol. The Kier molecular flexibility index (Phi) is 6.22. The number of anilines is 1. The molecule has 0 radical (unpaired) electrons. The standard InChI is InChI=1S/C14H22N2O2/c1-11(10-17)6-5-9-16-14(18)12-7-3-4-8-13(12)15-2/h3-4,7-8,11,15,17H,5-6,9-10H2,1-2H3,(H,16,18). The number of carbonyl (C=O) groups excluding carboxylic acids is 1. The van der Waals surface area contributed by atoms with E-state index in [-0.39, 0.29) is 12.5 Å². The SMILES string of the molecule is CNc1ccccc1C(=O)NCCCC(C)CO. The Morgan fingerprint density at radius 3 is 2.78 bits per heavy atom. The Labute approximate surface area is 108 Å². The number of carbonyl (C=O) groups is 1. The topological polar surface area (TPSA) is 61.4 Å². The number of hydrogen-bond donors (Lipinski definition) is 3. The van der Waals surface area contributed by atoms with Gasteiger partial charge in [-0.05, 0) is 30.9 Å². The van der Waals surface area contributed by atoms with Crippen molar-refractivity contribution in [3.63, 3.8) is 0 Å². The van der Waals surface area contributed by atoms with E-state index in [1.807, 2.05) is 25.1 Å². The molecule has 1 atom stereocenters. The van der Waals surface area contributed by atoms with Crippen molar-refractivity contribution in [3.05, 3.63) is 29.8 Å². The summed E-state index contributed by atoms with van der Waals surface area (Å²) >= 11 is 0. The molecule has 0 aliphatic heterocycles. The van der Waals surface area contributed by atoms with Crippen LogP contribution >= 0.6 is 0 Å². The molecule has 0 saturated carbocycles. The van der Waals surface area contributed by atoms with E-state index in [0.717, 1.165) is 18.5 Å². The molecule has 1 amide bonds. The van der Waals surface area contributed by atoms with E-state index in [2.05, 4.69) is 10.6 Å². The van der Waals surface area contributed by atoms with Crippen LogP contribution in [0.25, 0.3) is 0 Å². The maximum absolute atomic E-state index is 11.9. The quantitative estimate of drug-likeness (QED) is 0.647. The summed E-state index contributed by atoms with van der Waals surface area (Å²) in [5.41, 5.74) is 1.49. The van der Waals surface area contributed by atoms with Gasteiger partial charge in [-0.25, -0.2) is 0 Å². The molecule has 1 unspecified atom stereocenters. The number of aliphatic hydroxyl groups excluding tert-OH is 1. The second-order valence-corrected chi connectivity index (χ2v) is 4.48. The minimum Gasteiger partial charge on any atom is -0.396 e. The Hall–Kier alpha value is -1.55. The fraction of sp³-hybridized carbons (Fsp3) is 0.500.